The number of amides is 3. The Labute approximate surface area is 189 Å². The molecule has 12 nitrogen and oxygen atoms in total. The molecule has 1 atom stereocenters. The molecule has 0 aliphatic heterocycles. The van der Waals surface area contributed by atoms with Crippen LogP contribution >= 0.6 is 0 Å². The lowest BCUT2D eigenvalue weighted by atomic mass is 10.1. The first-order valence-electron chi connectivity index (χ1n) is 10.7. The first kappa shape index (κ1) is 29.3. The van der Waals surface area contributed by atoms with Crippen molar-refractivity contribution in [3.8, 4) is 0 Å². The predicted octanol–water partition coefficient (Wildman–Crippen LogP) is 3.02. The summed E-state index contributed by atoms with van der Waals surface area (Å²) in [5.74, 6) is -0.366. The number of hydrogen-bond donors (Lipinski definition) is 3. The topological polar surface area (TPSA) is 164 Å². The van der Waals surface area contributed by atoms with Crippen LogP contribution in [0.3, 0.4) is 0 Å². The monoisotopic (exact) mass is 458 g/mol. The molecule has 0 radical (unpaired) electrons. The van der Waals surface area contributed by atoms with Crippen LogP contribution in [0.4, 0.5) is 9.59 Å². The van der Waals surface area contributed by atoms with Gasteiger partial charge in [0.15, 0.2) is 0 Å². The zero-order chi connectivity index (χ0) is 24.6. The Morgan fingerprint density at radius 1 is 0.906 bits per heavy atom. The van der Waals surface area contributed by atoms with E-state index in [9.17, 15) is 14.4 Å². The Morgan fingerprint density at radius 2 is 1.53 bits per heavy atom. The van der Waals surface area contributed by atoms with E-state index in [0.29, 0.717) is 25.8 Å². The van der Waals surface area contributed by atoms with Crippen LogP contribution in [0.25, 0.3) is 10.4 Å². The number of nitrogens with zero attached hydrogens (tertiary/aromatic N) is 3. The van der Waals surface area contributed by atoms with Crippen molar-refractivity contribution in [3.63, 3.8) is 0 Å². The van der Waals surface area contributed by atoms with Crippen molar-refractivity contribution in [2.75, 3.05) is 32.8 Å². The fraction of sp³-hybridized carbons (Fsp3) is 0.850. The highest BCUT2D eigenvalue weighted by atomic mass is 16.6. The van der Waals surface area contributed by atoms with Gasteiger partial charge in [-0.2, -0.15) is 0 Å². The smallest absolute Gasteiger partial charge is 0.408 e. The quantitative estimate of drug-likeness (QED) is 0.166. The third kappa shape index (κ3) is 18.1. The van der Waals surface area contributed by atoms with Crippen molar-refractivity contribution in [2.24, 2.45) is 5.11 Å². The van der Waals surface area contributed by atoms with E-state index in [1.165, 1.54) is 0 Å². The van der Waals surface area contributed by atoms with E-state index < -0.39 is 29.4 Å². The third-order valence-electron chi connectivity index (χ3n) is 3.54. The van der Waals surface area contributed by atoms with Crippen molar-refractivity contribution in [1.82, 2.24) is 16.0 Å². The average molecular weight is 459 g/mol. The van der Waals surface area contributed by atoms with Gasteiger partial charge in [0, 0.05) is 24.5 Å². The van der Waals surface area contributed by atoms with E-state index in [2.05, 4.69) is 26.0 Å². The molecule has 0 spiro atoms. The molecular weight excluding hydrogens is 420 g/mol. The van der Waals surface area contributed by atoms with Crippen molar-refractivity contribution in [3.05, 3.63) is 10.4 Å². The summed E-state index contributed by atoms with van der Waals surface area (Å²) in [4.78, 5) is 38.9. The molecule has 0 rings (SSSR count). The fourth-order valence-corrected chi connectivity index (χ4v) is 2.32. The van der Waals surface area contributed by atoms with Crippen LogP contribution in [-0.2, 0) is 19.0 Å². The van der Waals surface area contributed by atoms with Crippen LogP contribution in [0.2, 0.25) is 0 Å². The van der Waals surface area contributed by atoms with Crippen molar-refractivity contribution < 1.29 is 28.6 Å². The first-order chi connectivity index (χ1) is 14.8. The molecule has 0 saturated heterocycles. The van der Waals surface area contributed by atoms with Gasteiger partial charge < -0.3 is 30.2 Å². The normalized spacial score (nSPS) is 12.2. The molecule has 0 aromatic heterocycles. The number of carbonyl (C=O) groups is 3. The van der Waals surface area contributed by atoms with Crippen molar-refractivity contribution in [1.29, 1.82) is 0 Å². The van der Waals surface area contributed by atoms with Gasteiger partial charge in [0.05, 0.1) is 13.2 Å². The maximum Gasteiger partial charge on any atom is 0.408 e. The van der Waals surface area contributed by atoms with Gasteiger partial charge >= 0.3 is 12.2 Å². The van der Waals surface area contributed by atoms with E-state index in [1.54, 1.807) is 41.5 Å². The van der Waals surface area contributed by atoms with Gasteiger partial charge in [0.1, 0.15) is 17.2 Å². The Balaban J connectivity index is 4.50. The number of nitrogens with one attached hydrogen (secondary N) is 3. The van der Waals surface area contributed by atoms with Crippen LogP contribution < -0.4 is 16.0 Å². The molecule has 0 unspecified atom stereocenters. The van der Waals surface area contributed by atoms with Crippen molar-refractivity contribution >= 4 is 18.1 Å². The summed E-state index contributed by atoms with van der Waals surface area (Å²) in [6, 6.07) is -0.797. The highest BCUT2D eigenvalue weighted by Crippen LogP contribution is 2.09. The Hall–Kier alpha value is -2.72. The summed E-state index contributed by atoms with van der Waals surface area (Å²) >= 11 is 0. The lowest BCUT2D eigenvalue weighted by Crippen LogP contribution is -2.48. The largest absolute Gasteiger partial charge is 0.444 e. The Bertz CT molecular complexity index is 637. The number of ether oxygens (including phenoxy) is 3. The van der Waals surface area contributed by atoms with Crippen LogP contribution in [0.1, 0.15) is 60.8 Å². The fourth-order valence-electron chi connectivity index (χ4n) is 2.32. The van der Waals surface area contributed by atoms with Crippen LogP contribution in [-0.4, -0.2) is 68.2 Å². The molecular formula is C20H38N6O6. The van der Waals surface area contributed by atoms with Crippen molar-refractivity contribution in [2.45, 2.75) is 78.0 Å². The molecule has 0 aliphatic carbocycles. The van der Waals surface area contributed by atoms with Crippen LogP contribution in [0, 0.1) is 0 Å². The van der Waals surface area contributed by atoms with Gasteiger partial charge in [-0.05, 0) is 66.3 Å². The standard InChI is InChI=1S/C20H38N6O6/c1-19(2,3)31-17(28)23-10-8-7-9-15(25-18(29)32-20(4,5)6)16(27)22-11-13-30-14-12-24-26-21/h15H,7-14H2,1-6H3,(H,22,27)(H,23,28)(H,25,29)/t15-/m0/s1. The minimum Gasteiger partial charge on any atom is -0.444 e. The molecule has 184 valence electrons. The molecule has 0 aliphatic rings. The number of rotatable bonds is 13. The maximum absolute atomic E-state index is 12.5. The number of hydrogen-bond acceptors (Lipinski definition) is 7. The van der Waals surface area contributed by atoms with E-state index in [0.717, 1.165) is 0 Å². The second-order valence-electron chi connectivity index (χ2n) is 8.98. The molecule has 0 fully saturated rings. The second-order valence-corrected chi connectivity index (χ2v) is 8.98. The lowest BCUT2D eigenvalue weighted by molar-refractivity contribution is -0.123. The highest BCUT2D eigenvalue weighted by molar-refractivity contribution is 5.85. The third-order valence-corrected chi connectivity index (χ3v) is 3.54. The van der Waals surface area contributed by atoms with E-state index in [4.69, 9.17) is 19.7 Å². The maximum atomic E-state index is 12.5. The Kier molecular flexibility index (Phi) is 13.9. The molecule has 3 N–H and O–H groups in total. The highest BCUT2D eigenvalue weighted by Gasteiger charge is 2.24. The van der Waals surface area contributed by atoms with E-state index in [-0.39, 0.29) is 32.2 Å². The van der Waals surface area contributed by atoms with Gasteiger partial charge in [-0.15, -0.1) is 0 Å². The van der Waals surface area contributed by atoms with Gasteiger partial charge in [-0.25, -0.2) is 9.59 Å². The molecule has 12 heteroatoms. The summed E-state index contributed by atoms with van der Waals surface area (Å²) < 4.78 is 15.6. The molecule has 0 aromatic carbocycles. The van der Waals surface area contributed by atoms with Crippen LogP contribution in [0.15, 0.2) is 5.11 Å². The zero-order valence-corrected chi connectivity index (χ0v) is 20.0. The first-order valence-corrected chi connectivity index (χ1v) is 10.7. The number of unbranched alkanes of at least 4 members (excludes halogenated alkanes) is 1. The molecule has 3 amide bonds. The summed E-state index contributed by atoms with van der Waals surface area (Å²) in [6.07, 6.45) is 0.349. The van der Waals surface area contributed by atoms with E-state index in [1.807, 2.05) is 0 Å². The second kappa shape index (κ2) is 15.1. The van der Waals surface area contributed by atoms with Crippen LogP contribution in [0.5, 0.6) is 0 Å². The SMILES string of the molecule is CC(C)(C)OC(=O)NCCCC[C@H](NC(=O)OC(C)(C)C)C(=O)NCCOCCN=[N+]=[N-]. The summed E-state index contributed by atoms with van der Waals surface area (Å²) in [7, 11) is 0. The van der Waals surface area contributed by atoms with Gasteiger partial charge in [-0.3, -0.25) is 4.79 Å². The number of alkyl carbamates (subject to hydrolysis) is 2. The predicted molar refractivity (Wildman–Crippen MR) is 119 cm³/mol. The molecule has 32 heavy (non-hydrogen) atoms. The summed E-state index contributed by atoms with van der Waals surface area (Å²) in [5.41, 5.74) is 6.93. The zero-order valence-electron chi connectivity index (χ0n) is 20.0. The molecule has 0 saturated carbocycles. The van der Waals surface area contributed by atoms with Gasteiger partial charge in [0.25, 0.3) is 0 Å². The molecule has 0 aromatic rings. The summed E-state index contributed by atoms with van der Waals surface area (Å²) in [6.45, 7) is 11.9. The minimum atomic E-state index is -0.797. The summed E-state index contributed by atoms with van der Waals surface area (Å²) in [5, 5.41) is 11.3. The van der Waals surface area contributed by atoms with Gasteiger partial charge in [0.2, 0.25) is 5.91 Å². The van der Waals surface area contributed by atoms with Gasteiger partial charge in [-0.1, -0.05) is 5.11 Å². The minimum absolute atomic E-state index is 0.213. The molecule has 0 bridgehead atoms. The lowest BCUT2D eigenvalue weighted by Gasteiger charge is -2.23. The number of carbonyl (C=O) groups excluding carboxylic acids is 3. The Morgan fingerprint density at radius 3 is 2.12 bits per heavy atom. The number of azide groups is 1. The van der Waals surface area contributed by atoms with E-state index >= 15 is 0 Å². The average Bonchev–Trinajstić information content (AvgIpc) is 2.63. The molecule has 0 heterocycles.